The van der Waals surface area contributed by atoms with Crippen LogP contribution in [0.25, 0.3) is 0 Å². The minimum atomic E-state index is -3.33. The number of benzene rings is 3. The van der Waals surface area contributed by atoms with Crippen molar-refractivity contribution in [3.05, 3.63) is 102 Å². The van der Waals surface area contributed by atoms with Gasteiger partial charge in [-0.25, -0.2) is 21.8 Å². The number of carbonyl (C=O) groups is 1. The van der Waals surface area contributed by atoms with Gasteiger partial charge in [0.2, 0.25) is 15.9 Å². The molecule has 0 atom stereocenters. The van der Waals surface area contributed by atoms with Gasteiger partial charge in [0.1, 0.15) is 5.75 Å². The zero-order chi connectivity index (χ0) is 32.0. The fourth-order valence-corrected chi connectivity index (χ4v) is 6.12. The number of nitrogens with one attached hydrogen (secondary N) is 3. The van der Waals surface area contributed by atoms with E-state index in [2.05, 4.69) is 25.2 Å². The summed E-state index contributed by atoms with van der Waals surface area (Å²) < 4.78 is 54.2. The third-order valence-corrected chi connectivity index (χ3v) is 8.96. The van der Waals surface area contributed by atoms with Crippen molar-refractivity contribution in [2.45, 2.75) is 30.3 Å². The van der Waals surface area contributed by atoms with Crippen molar-refractivity contribution in [3.63, 3.8) is 0 Å². The van der Waals surface area contributed by atoms with E-state index < -0.39 is 19.9 Å². The molecule has 1 aliphatic heterocycles. The Labute approximate surface area is 275 Å². The molecule has 0 spiro atoms. The molecule has 0 bridgehead atoms. The number of ether oxygens (including phenoxy) is 1. The lowest BCUT2D eigenvalue weighted by Gasteiger charge is -2.32. The number of likely N-dealkylation sites (tertiary alicyclic amines) is 1. The Morgan fingerprint density at radius 3 is 2.00 bits per heavy atom. The normalized spacial score (nSPS) is 14.1. The maximum Gasteiger partial charge on any atom is 0.255 e. The van der Waals surface area contributed by atoms with Crippen LogP contribution in [0, 0.1) is 0 Å². The van der Waals surface area contributed by atoms with Crippen molar-refractivity contribution in [3.8, 4) is 11.6 Å². The van der Waals surface area contributed by atoms with Crippen molar-refractivity contribution in [1.29, 1.82) is 0 Å². The van der Waals surface area contributed by atoms with Crippen LogP contribution in [0.15, 0.2) is 96.0 Å². The Hall–Kier alpha value is -4.17. The largest absolute Gasteiger partial charge is 0.439 e. The molecule has 11 nitrogen and oxygen atoms in total. The SMILES string of the molecule is CS(=O)(=O)Nc1ccc(Oc2ccc(CN3CCC(Nc4ccc(C(=O)Nc5ccc(S(C)(=O)=O)cc5)cc4)CC3)cn2)cc1.Cl. The van der Waals surface area contributed by atoms with Gasteiger partial charge >= 0.3 is 0 Å². The number of hydrogen-bond acceptors (Lipinski definition) is 9. The van der Waals surface area contributed by atoms with Crippen molar-refractivity contribution < 1.29 is 26.4 Å². The molecule has 244 valence electrons. The lowest BCUT2D eigenvalue weighted by atomic mass is 10.0. The van der Waals surface area contributed by atoms with Crippen LogP contribution in [0.4, 0.5) is 17.1 Å². The van der Waals surface area contributed by atoms with Crippen molar-refractivity contribution >= 4 is 55.2 Å². The Morgan fingerprint density at radius 2 is 1.43 bits per heavy atom. The molecule has 0 radical (unpaired) electrons. The average Bonchev–Trinajstić information content (AvgIpc) is 2.99. The number of hydrogen-bond donors (Lipinski definition) is 3. The van der Waals surface area contributed by atoms with E-state index in [4.69, 9.17) is 4.74 Å². The molecule has 0 saturated carbocycles. The number of carbonyl (C=O) groups excluding carboxylic acids is 1. The summed E-state index contributed by atoms with van der Waals surface area (Å²) in [7, 11) is -6.63. The first-order valence-electron chi connectivity index (χ1n) is 14.3. The third kappa shape index (κ3) is 10.2. The number of amides is 1. The first-order chi connectivity index (χ1) is 21.4. The zero-order valence-electron chi connectivity index (χ0n) is 25.3. The van der Waals surface area contributed by atoms with E-state index in [9.17, 15) is 21.6 Å². The number of sulfone groups is 1. The van der Waals surface area contributed by atoms with E-state index in [0.717, 1.165) is 56.2 Å². The predicted molar refractivity (Wildman–Crippen MR) is 182 cm³/mol. The van der Waals surface area contributed by atoms with Gasteiger partial charge in [-0.15, -0.1) is 12.4 Å². The standard InChI is InChI=1S/C32H35N5O6S2.ClH/c1-44(39,40)30-14-10-26(11-15-30)35-32(38)24-4-6-25(7-5-24)34-27-17-19-37(20-18-27)22-23-3-16-31(33-21-23)43-29-12-8-28(9-13-29)36-45(2,41)42;/h3-16,21,27,34,36H,17-20,22H2,1-2H3,(H,35,38);1H. The lowest BCUT2D eigenvalue weighted by molar-refractivity contribution is 0.102. The van der Waals surface area contributed by atoms with Gasteiger partial charge in [0, 0.05) is 66.8 Å². The molecule has 46 heavy (non-hydrogen) atoms. The minimum Gasteiger partial charge on any atom is -0.439 e. The van der Waals surface area contributed by atoms with Gasteiger partial charge in [-0.3, -0.25) is 14.4 Å². The van der Waals surface area contributed by atoms with Gasteiger partial charge in [-0.1, -0.05) is 6.07 Å². The smallest absolute Gasteiger partial charge is 0.255 e. The van der Waals surface area contributed by atoms with Crippen LogP contribution in [-0.2, 0) is 26.4 Å². The van der Waals surface area contributed by atoms with Crippen LogP contribution < -0.4 is 20.1 Å². The summed E-state index contributed by atoms with van der Waals surface area (Å²) in [5.41, 5.74) is 3.52. The number of piperidine rings is 1. The van der Waals surface area contributed by atoms with Gasteiger partial charge in [0.25, 0.3) is 5.91 Å². The summed E-state index contributed by atoms with van der Waals surface area (Å²) in [5.74, 6) is 0.743. The molecule has 0 aliphatic carbocycles. The highest BCUT2D eigenvalue weighted by atomic mass is 35.5. The maximum absolute atomic E-state index is 12.6. The van der Waals surface area contributed by atoms with Gasteiger partial charge in [0.05, 0.1) is 11.2 Å². The monoisotopic (exact) mass is 685 g/mol. The topological polar surface area (TPSA) is 147 Å². The summed E-state index contributed by atoms with van der Waals surface area (Å²) in [6.07, 6.45) is 6.00. The Kier molecular flexibility index (Phi) is 11.3. The van der Waals surface area contributed by atoms with Crippen LogP contribution in [0.5, 0.6) is 11.6 Å². The number of aromatic nitrogens is 1. The van der Waals surface area contributed by atoms with Gasteiger partial charge in [-0.05, 0) is 91.2 Å². The molecule has 3 aromatic carbocycles. The molecule has 1 amide bonds. The molecule has 1 aromatic heterocycles. The van der Waals surface area contributed by atoms with Crippen molar-refractivity contribution in [2.75, 3.05) is 41.0 Å². The van der Waals surface area contributed by atoms with Crippen LogP contribution in [0.3, 0.4) is 0 Å². The van der Waals surface area contributed by atoms with Gasteiger partial charge in [-0.2, -0.15) is 0 Å². The lowest BCUT2D eigenvalue weighted by Crippen LogP contribution is -2.38. The quantitative estimate of drug-likeness (QED) is 0.189. The fraction of sp³-hybridized carbons (Fsp3) is 0.250. The number of nitrogens with zero attached hydrogens (tertiary/aromatic N) is 2. The molecular weight excluding hydrogens is 650 g/mol. The van der Waals surface area contributed by atoms with Crippen LogP contribution >= 0.6 is 12.4 Å². The Bertz CT molecular complexity index is 1830. The highest BCUT2D eigenvalue weighted by Crippen LogP contribution is 2.24. The minimum absolute atomic E-state index is 0. The van der Waals surface area contributed by atoms with Gasteiger partial charge in [0.15, 0.2) is 9.84 Å². The van der Waals surface area contributed by atoms with Gasteiger partial charge < -0.3 is 15.4 Å². The van der Waals surface area contributed by atoms with Crippen molar-refractivity contribution in [2.24, 2.45) is 0 Å². The van der Waals surface area contributed by atoms with E-state index in [0.29, 0.717) is 34.6 Å². The third-order valence-electron chi connectivity index (χ3n) is 7.23. The Morgan fingerprint density at radius 1 is 0.826 bits per heavy atom. The summed E-state index contributed by atoms with van der Waals surface area (Å²) in [5, 5.41) is 6.36. The van der Waals surface area contributed by atoms with E-state index in [1.54, 1.807) is 48.5 Å². The van der Waals surface area contributed by atoms with E-state index in [1.165, 1.54) is 12.1 Å². The molecule has 4 aromatic rings. The highest BCUT2D eigenvalue weighted by Gasteiger charge is 2.19. The molecule has 14 heteroatoms. The molecule has 1 aliphatic rings. The van der Waals surface area contributed by atoms with E-state index >= 15 is 0 Å². The number of anilines is 3. The molecule has 2 heterocycles. The second kappa shape index (κ2) is 14.9. The van der Waals surface area contributed by atoms with Crippen LogP contribution in [0.2, 0.25) is 0 Å². The molecule has 0 unspecified atom stereocenters. The molecule has 1 fully saturated rings. The second-order valence-electron chi connectivity index (χ2n) is 11.0. The zero-order valence-corrected chi connectivity index (χ0v) is 27.8. The number of sulfonamides is 1. The van der Waals surface area contributed by atoms with E-state index in [1.807, 2.05) is 30.5 Å². The first-order valence-corrected chi connectivity index (χ1v) is 18.1. The second-order valence-corrected chi connectivity index (χ2v) is 14.8. The van der Waals surface area contributed by atoms with Crippen LogP contribution in [0.1, 0.15) is 28.8 Å². The number of halogens is 1. The Balaban J connectivity index is 0.00000480. The first kappa shape index (κ1) is 34.7. The molecule has 1 saturated heterocycles. The molecular formula is C32H36ClN5O6S2. The predicted octanol–water partition coefficient (Wildman–Crippen LogP) is 5.40. The van der Waals surface area contributed by atoms with E-state index in [-0.39, 0.29) is 23.2 Å². The summed E-state index contributed by atoms with van der Waals surface area (Å²) in [6.45, 7) is 2.65. The summed E-state index contributed by atoms with van der Waals surface area (Å²) in [4.78, 5) is 19.7. The molecule has 3 N–H and O–H groups in total. The summed E-state index contributed by atoms with van der Waals surface area (Å²) >= 11 is 0. The summed E-state index contributed by atoms with van der Waals surface area (Å²) in [6, 6.07) is 24.2. The van der Waals surface area contributed by atoms with Crippen molar-refractivity contribution in [1.82, 2.24) is 9.88 Å². The van der Waals surface area contributed by atoms with Crippen LogP contribution in [-0.4, -0.2) is 64.3 Å². The number of pyridine rings is 1. The fourth-order valence-electron chi connectivity index (χ4n) is 4.93. The average molecular weight is 686 g/mol. The molecule has 5 rings (SSSR count). The highest BCUT2D eigenvalue weighted by molar-refractivity contribution is 7.92. The number of rotatable bonds is 11. The maximum atomic E-state index is 12.6.